The number of hydrogen-bond donors (Lipinski definition) is 0. The van der Waals surface area contributed by atoms with E-state index in [1.165, 1.54) is 0 Å². The third kappa shape index (κ3) is 5.02. The molecule has 0 aliphatic heterocycles. The highest BCUT2D eigenvalue weighted by Crippen LogP contribution is 2.47. The van der Waals surface area contributed by atoms with E-state index in [1.54, 1.807) is 32.9 Å². The molecule has 0 amide bonds. The Morgan fingerprint density at radius 1 is 1.00 bits per heavy atom. The van der Waals surface area contributed by atoms with Crippen molar-refractivity contribution >= 4 is 11.8 Å². The van der Waals surface area contributed by atoms with Gasteiger partial charge in [-0.25, -0.2) is 0 Å². The quantitative estimate of drug-likeness (QED) is 0.381. The SMILES string of the molecule is CCOC(CC(C#N)(C(=O)OC)C(C#N)(C#N)CCC(=O)CC)OCC. The normalized spacial score (nSPS) is 13.2. The molecule has 0 aliphatic carbocycles. The Hall–Kier alpha value is -2.47. The molecule has 0 aromatic rings. The predicted molar refractivity (Wildman–Crippen MR) is 89.9 cm³/mol. The fraction of sp³-hybridized carbons (Fsp3) is 0.722. The molecule has 0 aliphatic rings. The van der Waals surface area contributed by atoms with E-state index in [2.05, 4.69) is 0 Å². The fourth-order valence-electron chi connectivity index (χ4n) is 2.63. The third-order valence-corrected chi connectivity index (χ3v) is 4.19. The van der Waals surface area contributed by atoms with Crippen LogP contribution >= 0.6 is 0 Å². The van der Waals surface area contributed by atoms with Gasteiger partial charge in [0.25, 0.3) is 0 Å². The second-order valence-electron chi connectivity index (χ2n) is 5.57. The van der Waals surface area contributed by atoms with Gasteiger partial charge < -0.3 is 14.2 Å². The van der Waals surface area contributed by atoms with Gasteiger partial charge in [0, 0.05) is 32.5 Å². The van der Waals surface area contributed by atoms with Gasteiger partial charge in [-0.15, -0.1) is 0 Å². The Morgan fingerprint density at radius 3 is 1.88 bits per heavy atom. The highest BCUT2D eigenvalue weighted by molar-refractivity contribution is 5.83. The van der Waals surface area contributed by atoms with E-state index in [9.17, 15) is 25.4 Å². The summed E-state index contributed by atoms with van der Waals surface area (Å²) in [5, 5.41) is 29.3. The Kier molecular flexibility index (Phi) is 10.1. The number of carbonyl (C=O) groups is 2. The summed E-state index contributed by atoms with van der Waals surface area (Å²) in [6, 6.07) is 5.39. The van der Waals surface area contributed by atoms with E-state index in [0.29, 0.717) is 0 Å². The molecule has 0 aromatic heterocycles. The molecule has 0 rings (SSSR count). The summed E-state index contributed by atoms with van der Waals surface area (Å²) in [7, 11) is 1.07. The standard InChI is InChI=1S/C18H25N3O5/c1-5-14(22)8-9-17(11-19,12-20)18(13-21,16(23)24-4)10-15(25-6-2)26-7-3/h15H,5-10H2,1-4H3. The van der Waals surface area contributed by atoms with Crippen LogP contribution in [0.1, 0.15) is 46.5 Å². The van der Waals surface area contributed by atoms with Crippen LogP contribution in [0, 0.1) is 44.8 Å². The van der Waals surface area contributed by atoms with Gasteiger partial charge >= 0.3 is 5.97 Å². The van der Waals surface area contributed by atoms with Crippen LogP contribution in [0.15, 0.2) is 0 Å². The van der Waals surface area contributed by atoms with Gasteiger partial charge in [-0.3, -0.25) is 9.59 Å². The van der Waals surface area contributed by atoms with Crippen LogP contribution in [0.25, 0.3) is 0 Å². The highest BCUT2D eigenvalue weighted by Gasteiger charge is 2.61. The van der Waals surface area contributed by atoms with Crippen LogP contribution < -0.4 is 0 Å². The van der Waals surface area contributed by atoms with Gasteiger partial charge in [-0.1, -0.05) is 6.92 Å². The molecule has 0 saturated heterocycles. The molecule has 8 heteroatoms. The van der Waals surface area contributed by atoms with Crippen LogP contribution in [-0.2, 0) is 23.8 Å². The number of nitriles is 3. The van der Waals surface area contributed by atoms with E-state index in [4.69, 9.17) is 14.2 Å². The molecule has 0 N–H and O–H groups in total. The van der Waals surface area contributed by atoms with Crippen LogP contribution in [-0.4, -0.2) is 38.4 Å². The molecule has 0 fully saturated rings. The lowest BCUT2D eigenvalue weighted by Crippen LogP contribution is -2.49. The molecular formula is C18H25N3O5. The summed E-state index contributed by atoms with van der Waals surface area (Å²) in [5.74, 6) is -1.21. The maximum absolute atomic E-state index is 12.5. The van der Waals surface area contributed by atoms with Gasteiger partial charge in [0.05, 0.1) is 25.3 Å². The van der Waals surface area contributed by atoms with Crippen molar-refractivity contribution in [2.24, 2.45) is 10.8 Å². The lowest BCUT2D eigenvalue weighted by molar-refractivity contribution is -0.176. The minimum absolute atomic E-state index is 0.105. The van der Waals surface area contributed by atoms with Crippen molar-refractivity contribution in [2.75, 3.05) is 20.3 Å². The van der Waals surface area contributed by atoms with Gasteiger partial charge in [0.1, 0.15) is 5.78 Å². The minimum Gasteiger partial charge on any atom is -0.468 e. The number of Topliss-reactive ketones (excluding diaryl/α,β-unsaturated/α-hetero) is 1. The molecule has 0 saturated carbocycles. The Labute approximate surface area is 154 Å². The molecule has 0 bridgehead atoms. The number of methoxy groups -OCH3 is 1. The number of rotatable bonds is 12. The van der Waals surface area contributed by atoms with Crippen molar-refractivity contribution in [3.05, 3.63) is 0 Å². The van der Waals surface area contributed by atoms with Gasteiger partial charge in [0.15, 0.2) is 17.1 Å². The number of hydrogen-bond acceptors (Lipinski definition) is 8. The maximum atomic E-state index is 12.5. The van der Waals surface area contributed by atoms with Crippen molar-refractivity contribution in [1.82, 2.24) is 0 Å². The second kappa shape index (κ2) is 11.2. The molecule has 0 spiro atoms. The van der Waals surface area contributed by atoms with Crippen molar-refractivity contribution in [1.29, 1.82) is 15.8 Å². The summed E-state index contributed by atoms with van der Waals surface area (Å²) < 4.78 is 15.5. The minimum atomic E-state index is -2.16. The second-order valence-corrected chi connectivity index (χ2v) is 5.57. The lowest BCUT2D eigenvalue weighted by Gasteiger charge is -2.36. The zero-order chi connectivity index (χ0) is 20.2. The molecular weight excluding hydrogens is 338 g/mol. The number of nitrogens with zero attached hydrogens (tertiary/aromatic N) is 3. The van der Waals surface area contributed by atoms with Crippen molar-refractivity contribution in [3.63, 3.8) is 0 Å². The predicted octanol–water partition coefficient (Wildman–Crippen LogP) is 2.25. The average molecular weight is 363 g/mol. The largest absolute Gasteiger partial charge is 0.468 e. The van der Waals surface area contributed by atoms with E-state index in [1.807, 2.05) is 6.07 Å². The first kappa shape index (κ1) is 23.5. The number of ketones is 1. The first-order chi connectivity index (χ1) is 12.4. The fourth-order valence-corrected chi connectivity index (χ4v) is 2.63. The average Bonchev–Trinajstić information content (AvgIpc) is 2.67. The summed E-state index contributed by atoms with van der Waals surface area (Å²) >= 11 is 0. The molecule has 1 atom stereocenters. The maximum Gasteiger partial charge on any atom is 0.329 e. The molecule has 0 heterocycles. The van der Waals surface area contributed by atoms with Crippen LogP contribution in [0.5, 0.6) is 0 Å². The van der Waals surface area contributed by atoms with E-state index in [-0.39, 0.29) is 44.7 Å². The zero-order valence-electron chi connectivity index (χ0n) is 15.7. The van der Waals surface area contributed by atoms with E-state index in [0.717, 1.165) is 7.11 Å². The van der Waals surface area contributed by atoms with Gasteiger partial charge in [-0.2, -0.15) is 15.8 Å². The van der Waals surface area contributed by atoms with Crippen molar-refractivity contribution in [2.45, 2.75) is 52.7 Å². The molecule has 1 unspecified atom stereocenters. The van der Waals surface area contributed by atoms with Gasteiger partial charge in [0.2, 0.25) is 0 Å². The topological polar surface area (TPSA) is 133 Å². The smallest absolute Gasteiger partial charge is 0.329 e. The summed E-state index contributed by atoms with van der Waals surface area (Å²) in [6.45, 7) is 5.56. The lowest BCUT2D eigenvalue weighted by atomic mass is 9.61. The molecule has 8 nitrogen and oxygen atoms in total. The summed E-state index contributed by atoms with van der Waals surface area (Å²) in [4.78, 5) is 24.2. The summed E-state index contributed by atoms with van der Waals surface area (Å²) in [5.41, 5.74) is -4.24. The van der Waals surface area contributed by atoms with E-state index < -0.39 is 23.1 Å². The molecule has 26 heavy (non-hydrogen) atoms. The van der Waals surface area contributed by atoms with E-state index >= 15 is 0 Å². The van der Waals surface area contributed by atoms with Crippen LogP contribution in [0.3, 0.4) is 0 Å². The Bertz CT molecular complexity index is 594. The van der Waals surface area contributed by atoms with Crippen molar-refractivity contribution in [3.8, 4) is 18.2 Å². The molecule has 142 valence electrons. The third-order valence-electron chi connectivity index (χ3n) is 4.19. The Balaban J connectivity index is 6.20. The first-order valence-electron chi connectivity index (χ1n) is 8.43. The molecule has 0 radical (unpaired) electrons. The summed E-state index contributed by atoms with van der Waals surface area (Å²) in [6.07, 6.45) is -1.48. The van der Waals surface area contributed by atoms with Crippen molar-refractivity contribution < 1.29 is 23.8 Å². The van der Waals surface area contributed by atoms with Crippen LogP contribution in [0.4, 0.5) is 0 Å². The number of esters is 1. The number of carbonyl (C=O) groups excluding carboxylic acids is 2. The number of ether oxygens (including phenoxy) is 3. The van der Waals surface area contributed by atoms with Gasteiger partial charge in [-0.05, 0) is 20.3 Å². The highest BCUT2D eigenvalue weighted by atomic mass is 16.7. The molecule has 0 aromatic carbocycles. The zero-order valence-corrected chi connectivity index (χ0v) is 15.7. The monoisotopic (exact) mass is 363 g/mol. The van der Waals surface area contributed by atoms with Crippen LogP contribution in [0.2, 0.25) is 0 Å². The first-order valence-corrected chi connectivity index (χ1v) is 8.43. The Morgan fingerprint density at radius 2 is 1.54 bits per heavy atom.